The van der Waals surface area contributed by atoms with E-state index in [4.69, 9.17) is 0 Å². The van der Waals surface area contributed by atoms with E-state index in [9.17, 15) is 18.8 Å². The fourth-order valence-electron chi connectivity index (χ4n) is 2.89. The van der Waals surface area contributed by atoms with Gasteiger partial charge < -0.3 is 5.32 Å². The Bertz CT molecular complexity index is 1120. The van der Waals surface area contributed by atoms with Crippen LogP contribution in [0, 0.1) is 5.82 Å². The van der Waals surface area contributed by atoms with Crippen molar-refractivity contribution in [2.45, 2.75) is 0 Å². The van der Waals surface area contributed by atoms with Gasteiger partial charge in [0.25, 0.3) is 17.1 Å². The highest BCUT2D eigenvalue weighted by molar-refractivity contribution is 8.18. The Labute approximate surface area is 174 Å². The van der Waals surface area contributed by atoms with Gasteiger partial charge in [-0.05, 0) is 41.4 Å². The zero-order valence-electron chi connectivity index (χ0n) is 15.1. The Morgan fingerprint density at radius 2 is 1.86 bits per heavy atom. The maximum absolute atomic E-state index is 13.8. The van der Waals surface area contributed by atoms with E-state index in [0.717, 1.165) is 26.7 Å². The van der Waals surface area contributed by atoms with Crippen LogP contribution in [0.15, 0.2) is 59.5 Å². The normalized spacial score (nSPS) is 15.5. The van der Waals surface area contributed by atoms with E-state index in [-0.39, 0.29) is 29.5 Å². The Kier molecular flexibility index (Phi) is 5.46. The van der Waals surface area contributed by atoms with Gasteiger partial charge in [-0.25, -0.2) is 4.39 Å². The predicted octanol–water partition coefficient (Wildman–Crippen LogP) is 4.51. The second kappa shape index (κ2) is 8.18. The molecule has 1 saturated heterocycles. The second-order valence-corrected chi connectivity index (χ2v) is 8.34. The molecule has 5 nitrogen and oxygen atoms in total. The summed E-state index contributed by atoms with van der Waals surface area (Å²) in [5.74, 6) is -1.20. The van der Waals surface area contributed by atoms with Crippen molar-refractivity contribution in [3.8, 4) is 0 Å². The van der Waals surface area contributed by atoms with Gasteiger partial charge in [0.1, 0.15) is 5.82 Å². The molecule has 29 heavy (non-hydrogen) atoms. The average molecular weight is 426 g/mol. The van der Waals surface area contributed by atoms with E-state index in [1.54, 1.807) is 12.1 Å². The molecular weight excluding hydrogens is 411 g/mol. The van der Waals surface area contributed by atoms with Crippen LogP contribution in [0.3, 0.4) is 0 Å². The minimum Gasteiger partial charge on any atom is -0.350 e. The number of hydrogen-bond donors (Lipinski definition) is 1. The van der Waals surface area contributed by atoms with Crippen molar-refractivity contribution in [2.75, 3.05) is 13.1 Å². The van der Waals surface area contributed by atoms with Gasteiger partial charge in [-0.15, -0.1) is 11.3 Å². The summed E-state index contributed by atoms with van der Waals surface area (Å²) in [6.45, 7) is 0.189. The van der Waals surface area contributed by atoms with Crippen molar-refractivity contribution in [1.82, 2.24) is 10.2 Å². The summed E-state index contributed by atoms with van der Waals surface area (Å²) < 4.78 is 14.8. The quantitative estimate of drug-likeness (QED) is 0.610. The number of carbonyl (C=O) groups excluding carboxylic acids is 3. The van der Waals surface area contributed by atoms with Crippen molar-refractivity contribution in [3.63, 3.8) is 0 Å². The lowest BCUT2D eigenvalue weighted by Crippen LogP contribution is -2.37. The number of hydrogen-bond acceptors (Lipinski definition) is 5. The number of thioether (sulfide) groups is 1. The highest BCUT2D eigenvalue weighted by Gasteiger charge is 2.34. The third kappa shape index (κ3) is 4.08. The lowest BCUT2D eigenvalue weighted by molar-refractivity contribution is -0.122. The van der Waals surface area contributed by atoms with Crippen molar-refractivity contribution < 1.29 is 18.8 Å². The first-order chi connectivity index (χ1) is 14.0. The summed E-state index contributed by atoms with van der Waals surface area (Å²) in [5, 5.41) is 3.29. The number of carbonyl (C=O) groups is 3. The average Bonchev–Trinajstić information content (AvgIpc) is 3.26. The van der Waals surface area contributed by atoms with E-state index in [2.05, 4.69) is 5.32 Å². The number of fused-ring (bicyclic) bond motifs is 1. The summed E-state index contributed by atoms with van der Waals surface area (Å²) in [6, 6.07) is 15.5. The lowest BCUT2D eigenvalue weighted by Gasteiger charge is -2.12. The highest BCUT2D eigenvalue weighted by Crippen LogP contribution is 2.32. The third-order valence-corrected chi connectivity index (χ3v) is 6.36. The largest absolute Gasteiger partial charge is 0.350 e. The van der Waals surface area contributed by atoms with E-state index in [0.29, 0.717) is 4.88 Å². The van der Waals surface area contributed by atoms with Crippen LogP contribution >= 0.6 is 23.1 Å². The van der Waals surface area contributed by atoms with Crippen molar-refractivity contribution >= 4 is 56.3 Å². The van der Waals surface area contributed by atoms with Crippen LogP contribution in [0.4, 0.5) is 9.18 Å². The van der Waals surface area contributed by atoms with E-state index in [1.807, 2.05) is 30.3 Å². The molecule has 8 heteroatoms. The first-order valence-electron chi connectivity index (χ1n) is 8.79. The summed E-state index contributed by atoms with van der Waals surface area (Å²) in [4.78, 5) is 38.8. The molecule has 146 valence electrons. The van der Waals surface area contributed by atoms with Gasteiger partial charge in [-0.2, -0.15) is 0 Å². The molecule has 0 unspecified atom stereocenters. The van der Waals surface area contributed by atoms with Crippen LogP contribution in [-0.2, 0) is 4.79 Å². The minimum absolute atomic E-state index is 0.0515. The van der Waals surface area contributed by atoms with Gasteiger partial charge in [-0.3, -0.25) is 19.3 Å². The van der Waals surface area contributed by atoms with Crippen LogP contribution < -0.4 is 5.32 Å². The molecule has 0 bridgehead atoms. The SMILES string of the molecule is O=C(NCCN1C(=O)S/C(=C\c2ccccc2F)C1=O)c1cc2ccccc2s1. The maximum atomic E-state index is 13.8. The zero-order chi connectivity index (χ0) is 20.4. The summed E-state index contributed by atoms with van der Waals surface area (Å²) in [7, 11) is 0. The zero-order valence-corrected chi connectivity index (χ0v) is 16.7. The number of amides is 3. The number of benzene rings is 2. The van der Waals surface area contributed by atoms with Crippen LogP contribution in [0.25, 0.3) is 16.2 Å². The predicted molar refractivity (Wildman–Crippen MR) is 113 cm³/mol. The first-order valence-corrected chi connectivity index (χ1v) is 10.4. The fourth-order valence-corrected chi connectivity index (χ4v) is 4.72. The molecule has 1 aromatic heterocycles. The van der Waals surface area contributed by atoms with Crippen LogP contribution in [0.1, 0.15) is 15.2 Å². The van der Waals surface area contributed by atoms with Crippen molar-refractivity contribution in [3.05, 3.63) is 75.8 Å². The molecule has 4 rings (SSSR count). The molecule has 0 radical (unpaired) electrons. The molecule has 0 saturated carbocycles. The summed E-state index contributed by atoms with van der Waals surface area (Å²) in [5.41, 5.74) is 0.246. The third-order valence-electron chi connectivity index (χ3n) is 4.34. The Balaban J connectivity index is 1.38. The number of thiophene rings is 1. The first kappa shape index (κ1) is 19.4. The van der Waals surface area contributed by atoms with Crippen molar-refractivity contribution in [1.29, 1.82) is 0 Å². The molecule has 2 aromatic carbocycles. The molecular formula is C21H15FN2O3S2. The molecule has 0 spiro atoms. The number of nitrogens with one attached hydrogen (secondary N) is 1. The van der Waals surface area contributed by atoms with Gasteiger partial charge in [0.15, 0.2) is 0 Å². The molecule has 0 atom stereocenters. The molecule has 1 aliphatic heterocycles. The Morgan fingerprint density at radius 3 is 2.66 bits per heavy atom. The molecule has 1 fully saturated rings. The standard InChI is InChI=1S/C21H15FN2O3S2/c22-15-7-3-1-5-13(15)11-18-20(26)24(21(27)29-18)10-9-23-19(25)17-12-14-6-2-4-8-16(14)28-17/h1-8,11-12H,9-10H2,(H,23,25)/b18-11-. The minimum atomic E-state index is -0.487. The van der Waals surface area contributed by atoms with E-state index in [1.165, 1.54) is 29.5 Å². The van der Waals surface area contributed by atoms with Crippen LogP contribution in [0.5, 0.6) is 0 Å². The van der Waals surface area contributed by atoms with Crippen LogP contribution in [0.2, 0.25) is 0 Å². The van der Waals surface area contributed by atoms with Gasteiger partial charge in [0.2, 0.25) is 0 Å². The number of rotatable bonds is 5. The second-order valence-electron chi connectivity index (χ2n) is 6.26. The molecule has 1 N–H and O–H groups in total. The Hall–Kier alpha value is -2.97. The number of imide groups is 1. The Morgan fingerprint density at radius 1 is 1.10 bits per heavy atom. The summed E-state index contributed by atoms with van der Waals surface area (Å²) >= 11 is 2.15. The summed E-state index contributed by atoms with van der Waals surface area (Å²) in [6.07, 6.45) is 1.37. The maximum Gasteiger partial charge on any atom is 0.293 e. The van der Waals surface area contributed by atoms with Gasteiger partial charge >= 0.3 is 0 Å². The molecule has 3 aromatic rings. The highest BCUT2D eigenvalue weighted by atomic mass is 32.2. The van der Waals surface area contributed by atoms with Gasteiger partial charge in [0.05, 0.1) is 9.78 Å². The van der Waals surface area contributed by atoms with E-state index >= 15 is 0 Å². The number of halogens is 1. The fraction of sp³-hybridized carbons (Fsp3) is 0.0952. The van der Waals surface area contributed by atoms with Crippen molar-refractivity contribution in [2.24, 2.45) is 0 Å². The smallest absolute Gasteiger partial charge is 0.293 e. The number of nitrogens with zero attached hydrogens (tertiary/aromatic N) is 1. The van der Waals surface area contributed by atoms with E-state index < -0.39 is 17.0 Å². The van der Waals surface area contributed by atoms with Gasteiger partial charge in [-0.1, -0.05) is 36.4 Å². The van der Waals surface area contributed by atoms with Crippen LogP contribution in [-0.4, -0.2) is 35.0 Å². The molecule has 1 aliphatic rings. The topological polar surface area (TPSA) is 66.5 Å². The molecule has 3 amide bonds. The lowest BCUT2D eigenvalue weighted by atomic mass is 10.2. The monoisotopic (exact) mass is 426 g/mol. The van der Waals surface area contributed by atoms with Gasteiger partial charge in [0, 0.05) is 23.4 Å². The molecule has 2 heterocycles. The molecule has 0 aliphatic carbocycles.